The number of nitrogens with one attached hydrogen (secondary N) is 1. The molecular weight excluding hydrogens is 284 g/mol. The summed E-state index contributed by atoms with van der Waals surface area (Å²) in [5, 5.41) is 0. The van der Waals surface area contributed by atoms with Gasteiger partial charge in [0.05, 0.1) is 5.75 Å². The highest BCUT2D eigenvalue weighted by Crippen LogP contribution is 2.18. The Morgan fingerprint density at radius 1 is 1.29 bits per heavy atom. The molecule has 1 aliphatic heterocycles. The number of hydrogen-bond acceptors (Lipinski definition) is 3. The van der Waals surface area contributed by atoms with Crippen LogP contribution in [0.15, 0.2) is 30.3 Å². The lowest BCUT2D eigenvalue weighted by Gasteiger charge is -2.32. The number of likely N-dealkylation sites (tertiary alicyclic amines) is 1. The summed E-state index contributed by atoms with van der Waals surface area (Å²) >= 11 is 0. The molecule has 1 aliphatic rings. The Balaban J connectivity index is 1.81. The molecule has 1 saturated heterocycles. The molecule has 1 heterocycles. The van der Waals surface area contributed by atoms with Crippen molar-refractivity contribution in [1.82, 2.24) is 9.62 Å². The predicted molar refractivity (Wildman–Crippen MR) is 86.5 cm³/mol. The largest absolute Gasteiger partial charge is 0.299 e. The number of rotatable bonds is 7. The Bertz CT molecular complexity index is 516. The Hall–Kier alpha value is -0.910. The van der Waals surface area contributed by atoms with Crippen molar-refractivity contribution in [2.75, 3.05) is 25.4 Å². The number of hydrogen-bond donors (Lipinski definition) is 1. The molecular formula is C16H26N2O2S. The van der Waals surface area contributed by atoms with Crippen LogP contribution in [-0.2, 0) is 16.6 Å². The van der Waals surface area contributed by atoms with Gasteiger partial charge in [-0.05, 0) is 37.3 Å². The van der Waals surface area contributed by atoms with Crippen LogP contribution in [0, 0.1) is 5.92 Å². The fourth-order valence-corrected chi connectivity index (χ4v) is 4.06. The van der Waals surface area contributed by atoms with Gasteiger partial charge in [-0.15, -0.1) is 0 Å². The molecule has 1 atom stereocenters. The summed E-state index contributed by atoms with van der Waals surface area (Å²) in [5.41, 5.74) is 1.32. The molecule has 0 aliphatic carbocycles. The number of benzene rings is 1. The highest BCUT2D eigenvalue weighted by atomic mass is 32.2. The van der Waals surface area contributed by atoms with Crippen molar-refractivity contribution >= 4 is 10.0 Å². The maximum absolute atomic E-state index is 11.7. The molecule has 1 aromatic carbocycles. The molecule has 0 bridgehead atoms. The van der Waals surface area contributed by atoms with Gasteiger partial charge in [0.1, 0.15) is 0 Å². The second-order valence-electron chi connectivity index (χ2n) is 5.90. The molecule has 0 saturated carbocycles. The topological polar surface area (TPSA) is 49.4 Å². The fourth-order valence-electron chi connectivity index (χ4n) is 2.89. The molecule has 0 unspecified atom stereocenters. The van der Waals surface area contributed by atoms with Crippen LogP contribution in [0.2, 0.25) is 0 Å². The summed E-state index contributed by atoms with van der Waals surface area (Å²) in [5.74, 6) is 0.655. The Morgan fingerprint density at radius 2 is 2.05 bits per heavy atom. The summed E-state index contributed by atoms with van der Waals surface area (Å²) in [4.78, 5) is 2.43. The van der Waals surface area contributed by atoms with Crippen LogP contribution in [-0.4, -0.2) is 38.7 Å². The van der Waals surface area contributed by atoms with Crippen LogP contribution >= 0.6 is 0 Å². The van der Waals surface area contributed by atoms with E-state index in [1.165, 1.54) is 5.56 Å². The van der Waals surface area contributed by atoms with E-state index in [-0.39, 0.29) is 5.75 Å². The minimum atomic E-state index is -3.08. The molecule has 0 spiro atoms. The quantitative estimate of drug-likeness (QED) is 0.840. The predicted octanol–water partition coefficient (Wildman–Crippen LogP) is 2.23. The maximum atomic E-state index is 11.7. The first kappa shape index (κ1) is 16.5. The number of piperidine rings is 1. The van der Waals surface area contributed by atoms with Gasteiger partial charge in [-0.3, -0.25) is 4.90 Å². The SMILES string of the molecule is CCCS(=O)(=O)NC[C@H]1CCCN(Cc2ccccc2)C1. The third-order valence-corrected chi connectivity index (χ3v) is 5.47. The Labute approximate surface area is 128 Å². The molecule has 118 valence electrons. The van der Waals surface area contributed by atoms with Gasteiger partial charge in [0.25, 0.3) is 0 Å². The lowest BCUT2D eigenvalue weighted by atomic mass is 9.98. The van der Waals surface area contributed by atoms with E-state index in [2.05, 4.69) is 33.9 Å². The second kappa shape index (κ2) is 7.92. The second-order valence-corrected chi connectivity index (χ2v) is 7.82. The normalized spacial score (nSPS) is 20.5. The Morgan fingerprint density at radius 3 is 2.76 bits per heavy atom. The van der Waals surface area contributed by atoms with E-state index >= 15 is 0 Å². The summed E-state index contributed by atoms with van der Waals surface area (Å²) in [7, 11) is -3.08. The van der Waals surface area contributed by atoms with Gasteiger partial charge >= 0.3 is 0 Å². The molecule has 1 N–H and O–H groups in total. The highest BCUT2D eigenvalue weighted by Gasteiger charge is 2.21. The number of nitrogens with zero attached hydrogens (tertiary/aromatic N) is 1. The first-order valence-electron chi connectivity index (χ1n) is 7.82. The first-order chi connectivity index (χ1) is 10.1. The van der Waals surface area contributed by atoms with Gasteiger partial charge in [-0.2, -0.15) is 0 Å². The maximum Gasteiger partial charge on any atom is 0.211 e. The van der Waals surface area contributed by atoms with Crippen molar-refractivity contribution in [2.45, 2.75) is 32.7 Å². The lowest BCUT2D eigenvalue weighted by molar-refractivity contribution is 0.169. The van der Waals surface area contributed by atoms with E-state index in [1.54, 1.807) is 0 Å². The summed E-state index contributed by atoms with van der Waals surface area (Å²) in [6.07, 6.45) is 2.92. The average molecular weight is 310 g/mol. The molecule has 0 aromatic heterocycles. The monoisotopic (exact) mass is 310 g/mol. The van der Waals surface area contributed by atoms with Crippen molar-refractivity contribution in [3.8, 4) is 0 Å². The third kappa shape index (κ3) is 5.77. The van der Waals surface area contributed by atoms with E-state index < -0.39 is 10.0 Å². The van der Waals surface area contributed by atoms with Gasteiger partial charge in [0.2, 0.25) is 10.0 Å². The minimum absolute atomic E-state index is 0.230. The lowest BCUT2D eigenvalue weighted by Crippen LogP contribution is -2.41. The fraction of sp³-hybridized carbons (Fsp3) is 0.625. The first-order valence-corrected chi connectivity index (χ1v) is 9.48. The van der Waals surface area contributed by atoms with Gasteiger partial charge in [0, 0.05) is 19.6 Å². The number of sulfonamides is 1. The minimum Gasteiger partial charge on any atom is -0.299 e. The smallest absolute Gasteiger partial charge is 0.211 e. The summed E-state index contributed by atoms with van der Waals surface area (Å²) in [6.45, 7) is 5.50. The average Bonchev–Trinajstić information content (AvgIpc) is 2.47. The van der Waals surface area contributed by atoms with E-state index in [9.17, 15) is 8.42 Å². The van der Waals surface area contributed by atoms with Crippen LogP contribution in [0.25, 0.3) is 0 Å². The van der Waals surface area contributed by atoms with Crippen molar-refractivity contribution in [3.05, 3.63) is 35.9 Å². The summed E-state index contributed by atoms with van der Waals surface area (Å²) < 4.78 is 26.2. The van der Waals surface area contributed by atoms with Gasteiger partial charge in [0.15, 0.2) is 0 Å². The van der Waals surface area contributed by atoms with Crippen molar-refractivity contribution in [2.24, 2.45) is 5.92 Å². The highest BCUT2D eigenvalue weighted by molar-refractivity contribution is 7.89. The van der Waals surface area contributed by atoms with Crippen LogP contribution in [0.5, 0.6) is 0 Å². The third-order valence-electron chi connectivity index (χ3n) is 3.92. The molecule has 21 heavy (non-hydrogen) atoms. The standard InChI is InChI=1S/C16H26N2O2S/c1-2-11-21(19,20)17-12-16-9-6-10-18(14-16)13-15-7-4-3-5-8-15/h3-5,7-8,16-17H,2,6,9-14H2,1H3/t16-/m1/s1. The molecule has 1 aromatic rings. The van der Waals surface area contributed by atoms with E-state index in [0.717, 1.165) is 32.5 Å². The summed E-state index contributed by atoms with van der Waals surface area (Å²) in [6, 6.07) is 10.5. The molecule has 4 nitrogen and oxygen atoms in total. The molecule has 1 fully saturated rings. The molecule has 0 amide bonds. The van der Waals surface area contributed by atoms with Crippen LogP contribution in [0.3, 0.4) is 0 Å². The van der Waals surface area contributed by atoms with Crippen molar-refractivity contribution in [3.63, 3.8) is 0 Å². The van der Waals surface area contributed by atoms with E-state index in [1.807, 2.05) is 13.0 Å². The van der Waals surface area contributed by atoms with Crippen LogP contribution < -0.4 is 4.72 Å². The molecule has 0 radical (unpaired) electrons. The Kier molecular flexibility index (Phi) is 6.21. The van der Waals surface area contributed by atoms with Crippen LogP contribution in [0.4, 0.5) is 0 Å². The van der Waals surface area contributed by atoms with Crippen LogP contribution in [0.1, 0.15) is 31.7 Å². The van der Waals surface area contributed by atoms with Gasteiger partial charge in [-0.25, -0.2) is 13.1 Å². The van der Waals surface area contributed by atoms with E-state index in [0.29, 0.717) is 18.9 Å². The van der Waals surface area contributed by atoms with Crippen molar-refractivity contribution < 1.29 is 8.42 Å². The zero-order valence-electron chi connectivity index (χ0n) is 12.8. The zero-order valence-corrected chi connectivity index (χ0v) is 13.6. The van der Waals surface area contributed by atoms with E-state index in [4.69, 9.17) is 0 Å². The molecule has 2 rings (SSSR count). The van der Waals surface area contributed by atoms with Crippen molar-refractivity contribution in [1.29, 1.82) is 0 Å². The van der Waals surface area contributed by atoms with Gasteiger partial charge in [-0.1, -0.05) is 37.3 Å². The van der Waals surface area contributed by atoms with Gasteiger partial charge < -0.3 is 0 Å². The molecule has 5 heteroatoms. The zero-order chi connectivity index (χ0) is 15.1.